The molecule has 202 valence electrons. The largest absolute Gasteiger partial charge is 0.493 e. The van der Waals surface area contributed by atoms with Gasteiger partial charge in [-0.15, -0.1) is 0 Å². The fraction of sp³-hybridized carbons (Fsp3) is 0.296. The maximum Gasteiger partial charge on any atom is 0.255 e. The SMILES string of the molecule is CCNC(=O)c1c(C)c(CI)cc(C(C)n2nc(-c3ccc4nc(N)sc4c3)c3c(N)ncnc32)c1OCC. The number of benzene rings is 2. The molecule has 1 amide bonds. The number of nitrogens with one attached hydrogen (secondary N) is 1. The average molecular weight is 657 g/mol. The lowest BCUT2D eigenvalue weighted by molar-refractivity contribution is 0.0951. The number of anilines is 2. The van der Waals surface area contributed by atoms with Crippen molar-refractivity contribution in [2.75, 3.05) is 24.6 Å². The fourth-order valence-corrected chi connectivity index (χ4v) is 6.36. The molecule has 2 aromatic carbocycles. The van der Waals surface area contributed by atoms with Crippen molar-refractivity contribution >= 4 is 72.0 Å². The van der Waals surface area contributed by atoms with E-state index < -0.39 is 0 Å². The number of aromatic nitrogens is 5. The molecule has 0 saturated carbocycles. The molecule has 0 aliphatic rings. The minimum Gasteiger partial charge on any atom is -0.493 e. The average Bonchev–Trinajstić information content (AvgIpc) is 3.49. The quantitative estimate of drug-likeness (QED) is 0.151. The minimum absolute atomic E-state index is 0.159. The summed E-state index contributed by atoms with van der Waals surface area (Å²) >= 11 is 3.74. The Morgan fingerprint density at radius 2 is 2.03 bits per heavy atom. The highest BCUT2D eigenvalue weighted by molar-refractivity contribution is 14.1. The van der Waals surface area contributed by atoms with Gasteiger partial charge in [0, 0.05) is 22.1 Å². The van der Waals surface area contributed by atoms with Gasteiger partial charge in [-0.1, -0.05) is 40.0 Å². The molecule has 12 heteroatoms. The Balaban J connectivity index is 1.74. The van der Waals surface area contributed by atoms with Gasteiger partial charge in [0.15, 0.2) is 10.8 Å². The van der Waals surface area contributed by atoms with Crippen LogP contribution in [0.1, 0.15) is 53.9 Å². The van der Waals surface area contributed by atoms with E-state index in [1.54, 1.807) is 0 Å². The molecule has 1 unspecified atom stereocenters. The Kier molecular flexibility index (Phi) is 7.58. The Bertz CT molecular complexity index is 1710. The Labute approximate surface area is 243 Å². The summed E-state index contributed by atoms with van der Waals surface area (Å²) in [6.07, 6.45) is 1.44. The molecule has 3 heterocycles. The van der Waals surface area contributed by atoms with Gasteiger partial charge >= 0.3 is 0 Å². The number of nitrogen functional groups attached to an aromatic ring is 2. The van der Waals surface area contributed by atoms with E-state index in [9.17, 15) is 4.79 Å². The summed E-state index contributed by atoms with van der Waals surface area (Å²) in [4.78, 5) is 26.4. The van der Waals surface area contributed by atoms with Gasteiger partial charge in [0.05, 0.1) is 33.8 Å². The second kappa shape index (κ2) is 10.9. The third kappa shape index (κ3) is 4.75. The Morgan fingerprint density at radius 3 is 2.74 bits per heavy atom. The van der Waals surface area contributed by atoms with Crippen LogP contribution in [0.2, 0.25) is 0 Å². The second-order valence-electron chi connectivity index (χ2n) is 9.04. The Morgan fingerprint density at radius 1 is 1.23 bits per heavy atom. The van der Waals surface area contributed by atoms with E-state index in [-0.39, 0.29) is 11.9 Å². The molecular weight excluding hydrogens is 627 g/mol. The second-order valence-corrected chi connectivity index (χ2v) is 10.9. The molecule has 0 radical (unpaired) electrons. The normalized spacial score (nSPS) is 12.2. The van der Waals surface area contributed by atoms with E-state index in [0.29, 0.717) is 52.1 Å². The zero-order chi connectivity index (χ0) is 27.8. The zero-order valence-corrected chi connectivity index (χ0v) is 25.1. The van der Waals surface area contributed by atoms with Crippen molar-refractivity contribution in [3.63, 3.8) is 0 Å². The number of halogens is 1. The number of hydrogen-bond acceptors (Lipinski definition) is 9. The monoisotopic (exact) mass is 656 g/mol. The topological polar surface area (TPSA) is 147 Å². The molecular formula is C27H29IN8O2S. The lowest BCUT2D eigenvalue weighted by Gasteiger charge is -2.23. The van der Waals surface area contributed by atoms with E-state index in [1.807, 2.05) is 50.6 Å². The molecule has 10 nitrogen and oxygen atoms in total. The number of ether oxygens (including phenoxy) is 1. The minimum atomic E-state index is -0.338. The van der Waals surface area contributed by atoms with Crippen LogP contribution in [-0.4, -0.2) is 43.8 Å². The summed E-state index contributed by atoms with van der Waals surface area (Å²) in [7, 11) is 0. The van der Waals surface area contributed by atoms with Crippen LogP contribution in [0, 0.1) is 6.92 Å². The summed E-state index contributed by atoms with van der Waals surface area (Å²) < 4.78 is 9.68. The fourth-order valence-electron chi connectivity index (χ4n) is 4.80. The van der Waals surface area contributed by atoms with Crippen LogP contribution >= 0.6 is 33.9 Å². The van der Waals surface area contributed by atoms with Crippen molar-refractivity contribution in [3.05, 3.63) is 52.8 Å². The van der Waals surface area contributed by atoms with Crippen LogP contribution in [0.25, 0.3) is 32.5 Å². The van der Waals surface area contributed by atoms with Crippen LogP contribution in [0.15, 0.2) is 30.6 Å². The number of amides is 1. The summed E-state index contributed by atoms with van der Waals surface area (Å²) in [6.45, 7) is 8.73. The van der Waals surface area contributed by atoms with Gasteiger partial charge in [0.2, 0.25) is 0 Å². The zero-order valence-electron chi connectivity index (χ0n) is 22.1. The van der Waals surface area contributed by atoms with Crippen LogP contribution in [-0.2, 0) is 4.43 Å². The Hall–Kier alpha value is -3.52. The first kappa shape index (κ1) is 27.1. The van der Waals surface area contributed by atoms with Crippen molar-refractivity contribution < 1.29 is 9.53 Å². The lowest BCUT2D eigenvalue weighted by Crippen LogP contribution is -2.26. The van der Waals surface area contributed by atoms with E-state index in [0.717, 1.165) is 36.9 Å². The summed E-state index contributed by atoms with van der Waals surface area (Å²) in [5.74, 6) is 0.728. The molecule has 5 rings (SSSR count). The smallest absolute Gasteiger partial charge is 0.255 e. The predicted molar refractivity (Wildman–Crippen MR) is 165 cm³/mol. The van der Waals surface area contributed by atoms with Crippen molar-refractivity contribution in [1.29, 1.82) is 0 Å². The van der Waals surface area contributed by atoms with Crippen molar-refractivity contribution in [3.8, 4) is 17.0 Å². The van der Waals surface area contributed by atoms with E-state index in [2.05, 4.69) is 48.9 Å². The number of hydrogen-bond donors (Lipinski definition) is 3. The number of rotatable bonds is 8. The van der Waals surface area contributed by atoms with Crippen LogP contribution < -0.4 is 21.5 Å². The lowest BCUT2D eigenvalue weighted by atomic mass is 9.94. The van der Waals surface area contributed by atoms with Crippen LogP contribution in [0.4, 0.5) is 10.9 Å². The molecule has 0 aliphatic carbocycles. The van der Waals surface area contributed by atoms with Gasteiger partial charge in [-0.3, -0.25) is 4.79 Å². The number of nitrogens with two attached hydrogens (primary N) is 2. The predicted octanol–water partition coefficient (Wildman–Crippen LogP) is 5.27. The molecule has 5 aromatic rings. The third-order valence-electron chi connectivity index (χ3n) is 6.69. The highest BCUT2D eigenvalue weighted by Gasteiger charge is 2.28. The van der Waals surface area contributed by atoms with Gasteiger partial charge in [0.25, 0.3) is 5.91 Å². The van der Waals surface area contributed by atoms with E-state index >= 15 is 0 Å². The van der Waals surface area contributed by atoms with E-state index in [1.165, 1.54) is 17.7 Å². The summed E-state index contributed by atoms with van der Waals surface area (Å²) in [5.41, 5.74) is 18.6. The number of carbonyl (C=O) groups excluding carboxylic acids is 1. The van der Waals surface area contributed by atoms with Gasteiger partial charge in [-0.25, -0.2) is 19.6 Å². The molecule has 3 aromatic heterocycles. The molecule has 0 fully saturated rings. The van der Waals surface area contributed by atoms with Crippen molar-refractivity contribution in [2.24, 2.45) is 0 Å². The highest BCUT2D eigenvalue weighted by Crippen LogP contribution is 2.40. The number of nitrogens with zero attached hydrogens (tertiary/aromatic N) is 5. The first-order chi connectivity index (χ1) is 18.8. The van der Waals surface area contributed by atoms with Crippen molar-refractivity contribution in [2.45, 2.75) is 38.2 Å². The van der Waals surface area contributed by atoms with E-state index in [4.69, 9.17) is 21.3 Å². The van der Waals surface area contributed by atoms with Gasteiger partial charge in [-0.05, 0) is 57.0 Å². The number of fused-ring (bicyclic) bond motifs is 2. The standard InChI is InChI=1S/C27H29IN8O2S/c1-5-31-26(37)20-13(3)16(11-28)9-17(23(20)38-6-2)14(4)36-25-21(24(29)32-12-33-25)22(35-36)15-7-8-18-19(10-15)39-27(30)34-18/h7-10,12,14H,5-6,11H2,1-4H3,(H2,30,34)(H,31,37)(H2,29,32,33). The van der Waals surface area contributed by atoms with Gasteiger partial charge < -0.3 is 21.5 Å². The maximum atomic E-state index is 13.2. The van der Waals surface area contributed by atoms with Gasteiger partial charge in [0.1, 0.15) is 23.6 Å². The molecule has 0 bridgehead atoms. The molecule has 39 heavy (non-hydrogen) atoms. The highest BCUT2D eigenvalue weighted by atomic mass is 127. The molecule has 5 N–H and O–H groups in total. The van der Waals surface area contributed by atoms with Crippen molar-refractivity contribution in [1.82, 2.24) is 30.0 Å². The van der Waals surface area contributed by atoms with Crippen LogP contribution in [0.5, 0.6) is 5.75 Å². The molecule has 1 atom stereocenters. The summed E-state index contributed by atoms with van der Waals surface area (Å²) in [5, 5.41) is 9.14. The third-order valence-corrected chi connectivity index (χ3v) is 8.36. The van der Waals surface area contributed by atoms with Crippen LogP contribution in [0.3, 0.4) is 0 Å². The number of thiazole rings is 1. The maximum absolute atomic E-state index is 13.2. The first-order valence-corrected chi connectivity index (χ1v) is 14.9. The number of alkyl halides is 1. The molecule has 0 saturated heterocycles. The number of carbonyl (C=O) groups is 1. The van der Waals surface area contributed by atoms with Gasteiger partial charge in [-0.2, -0.15) is 5.10 Å². The first-order valence-electron chi connectivity index (χ1n) is 12.6. The summed E-state index contributed by atoms with van der Waals surface area (Å²) in [6, 6.07) is 7.64. The molecule has 0 spiro atoms. The molecule has 0 aliphatic heterocycles.